The molecule has 1 aromatic heterocycles. The zero-order valence-electron chi connectivity index (χ0n) is 10.0. The normalized spacial score (nSPS) is 10.3. The number of nitrogens with zero attached hydrogens (tertiary/aromatic N) is 2. The summed E-state index contributed by atoms with van der Waals surface area (Å²) in [6, 6.07) is 9.35. The van der Waals surface area contributed by atoms with Crippen LogP contribution in [0.25, 0.3) is 5.69 Å². The minimum atomic E-state index is -0.814. The molecule has 0 amide bonds. The van der Waals surface area contributed by atoms with Crippen LogP contribution in [0.4, 0.5) is 0 Å². The van der Waals surface area contributed by atoms with Gasteiger partial charge in [0.1, 0.15) is 5.75 Å². The van der Waals surface area contributed by atoms with E-state index in [1.54, 1.807) is 11.8 Å². The Balaban J connectivity index is 2.15. The highest BCUT2D eigenvalue weighted by atomic mass is 16.5. The molecule has 0 atom stereocenters. The van der Waals surface area contributed by atoms with Crippen molar-refractivity contribution in [3.05, 3.63) is 42.2 Å². The Kier molecular flexibility index (Phi) is 3.62. The summed E-state index contributed by atoms with van der Waals surface area (Å²) >= 11 is 0. The smallest absolute Gasteiger partial charge is 0.303 e. The van der Waals surface area contributed by atoms with Crippen molar-refractivity contribution >= 4 is 5.97 Å². The van der Waals surface area contributed by atoms with E-state index in [0.717, 1.165) is 17.1 Å². The molecule has 18 heavy (non-hydrogen) atoms. The first kappa shape index (κ1) is 12.2. The van der Waals surface area contributed by atoms with Crippen LogP contribution >= 0.6 is 0 Å². The number of carbonyl (C=O) groups is 1. The van der Waals surface area contributed by atoms with Crippen LogP contribution in [0.1, 0.15) is 12.1 Å². The highest BCUT2D eigenvalue weighted by Crippen LogP contribution is 2.16. The average Bonchev–Trinajstić information content (AvgIpc) is 2.85. The Bertz CT molecular complexity index is 549. The fourth-order valence-corrected chi connectivity index (χ4v) is 1.63. The summed E-state index contributed by atoms with van der Waals surface area (Å²) in [4.78, 5) is 10.5. The van der Waals surface area contributed by atoms with Crippen molar-refractivity contribution in [2.24, 2.45) is 0 Å². The minimum absolute atomic E-state index is 0.0924. The van der Waals surface area contributed by atoms with E-state index in [-0.39, 0.29) is 6.42 Å². The maximum atomic E-state index is 10.5. The number of rotatable bonds is 5. The van der Waals surface area contributed by atoms with Crippen LogP contribution in [0.5, 0.6) is 5.75 Å². The van der Waals surface area contributed by atoms with E-state index in [4.69, 9.17) is 9.84 Å². The summed E-state index contributed by atoms with van der Waals surface area (Å²) < 4.78 is 6.85. The maximum Gasteiger partial charge on any atom is 0.303 e. The van der Waals surface area contributed by atoms with Crippen molar-refractivity contribution < 1.29 is 14.6 Å². The Labute approximate surface area is 105 Å². The number of hydrogen-bond acceptors (Lipinski definition) is 3. The Morgan fingerprint density at radius 3 is 3.00 bits per heavy atom. The van der Waals surface area contributed by atoms with Crippen LogP contribution < -0.4 is 4.74 Å². The molecule has 94 valence electrons. The van der Waals surface area contributed by atoms with E-state index in [1.165, 1.54) is 0 Å². The highest BCUT2D eigenvalue weighted by molar-refractivity contribution is 5.66. The molecule has 0 fully saturated rings. The third-order valence-electron chi connectivity index (χ3n) is 2.56. The van der Waals surface area contributed by atoms with Gasteiger partial charge in [0.2, 0.25) is 0 Å². The first-order chi connectivity index (χ1) is 8.69. The molecular formula is C13H14N2O3. The number of methoxy groups -OCH3 is 1. The van der Waals surface area contributed by atoms with Gasteiger partial charge in [-0.1, -0.05) is 6.07 Å². The van der Waals surface area contributed by atoms with Crippen LogP contribution in [0.2, 0.25) is 0 Å². The third-order valence-corrected chi connectivity index (χ3v) is 2.56. The second-order valence-electron chi connectivity index (χ2n) is 3.85. The largest absolute Gasteiger partial charge is 0.497 e. The van der Waals surface area contributed by atoms with E-state index >= 15 is 0 Å². The second kappa shape index (κ2) is 5.35. The summed E-state index contributed by atoms with van der Waals surface area (Å²) in [6.45, 7) is 0. The predicted octanol–water partition coefficient (Wildman–Crippen LogP) is 1.90. The number of aryl methyl sites for hydroxylation is 1. The summed E-state index contributed by atoms with van der Waals surface area (Å²) in [5, 5.41) is 12.9. The minimum Gasteiger partial charge on any atom is -0.497 e. The van der Waals surface area contributed by atoms with Crippen molar-refractivity contribution in [2.75, 3.05) is 7.11 Å². The molecule has 0 saturated carbocycles. The van der Waals surface area contributed by atoms with Crippen molar-refractivity contribution in [2.45, 2.75) is 12.8 Å². The average molecular weight is 246 g/mol. The zero-order valence-corrected chi connectivity index (χ0v) is 10.0. The lowest BCUT2D eigenvalue weighted by atomic mass is 10.2. The summed E-state index contributed by atoms with van der Waals surface area (Å²) in [5.41, 5.74) is 1.65. The summed E-state index contributed by atoms with van der Waals surface area (Å²) in [6.07, 6.45) is 2.34. The van der Waals surface area contributed by atoms with Crippen molar-refractivity contribution in [1.29, 1.82) is 0 Å². The number of carboxylic acids is 1. The lowest BCUT2D eigenvalue weighted by Gasteiger charge is -2.04. The monoisotopic (exact) mass is 246 g/mol. The standard InChI is InChI=1S/C13H14N2O3/c1-18-12-4-2-3-11(9-12)15-8-7-10(14-15)5-6-13(16)17/h2-4,7-9H,5-6H2,1H3,(H,16,17). The molecule has 1 heterocycles. The topological polar surface area (TPSA) is 64.3 Å². The first-order valence-electron chi connectivity index (χ1n) is 5.60. The summed E-state index contributed by atoms with van der Waals surface area (Å²) in [7, 11) is 1.61. The third kappa shape index (κ3) is 2.88. The van der Waals surface area contributed by atoms with Gasteiger partial charge >= 0.3 is 5.97 Å². The molecule has 0 spiro atoms. The van der Waals surface area contributed by atoms with E-state index in [2.05, 4.69) is 5.10 Å². The van der Waals surface area contributed by atoms with Crippen LogP contribution in [0.15, 0.2) is 36.5 Å². The van der Waals surface area contributed by atoms with Crippen molar-refractivity contribution in [3.63, 3.8) is 0 Å². The number of aromatic nitrogens is 2. The predicted molar refractivity (Wildman–Crippen MR) is 66.1 cm³/mol. The van der Waals surface area contributed by atoms with Crippen LogP contribution in [0, 0.1) is 0 Å². The Morgan fingerprint density at radius 1 is 1.44 bits per heavy atom. The molecule has 0 saturated heterocycles. The van der Waals surface area contributed by atoms with E-state index in [0.29, 0.717) is 6.42 Å². The van der Waals surface area contributed by atoms with Gasteiger partial charge in [-0.2, -0.15) is 5.10 Å². The molecule has 5 heteroatoms. The van der Waals surface area contributed by atoms with Gasteiger partial charge in [-0.15, -0.1) is 0 Å². The lowest BCUT2D eigenvalue weighted by molar-refractivity contribution is -0.136. The van der Waals surface area contributed by atoms with Crippen LogP contribution in [-0.4, -0.2) is 28.0 Å². The van der Waals surface area contributed by atoms with Gasteiger partial charge in [-0.25, -0.2) is 4.68 Å². The van der Waals surface area contributed by atoms with Crippen molar-refractivity contribution in [3.8, 4) is 11.4 Å². The molecular weight excluding hydrogens is 232 g/mol. The molecule has 0 aliphatic heterocycles. The molecule has 0 radical (unpaired) electrons. The van der Waals surface area contributed by atoms with E-state index < -0.39 is 5.97 Å². The van der Waals surface area contributed by atoms with Gasteiger partial charge < -0.3 is 9.84 Å². The second-order valence-corrected chi connectivity index (χ2v) is 3.85. The SMILES string of the molecule is COc1cccc(-n2ccc(CCC(=O)O)n2)c1. The van der Waals surface area contributed by atoms with Gasteiger partial charge in [-0.3, -0.25) is 4.79 Å². The fraction of sp³-hybridized carbons (Fsp3) is 0.231. The number of hydrogen-bond donors (Lipinski definition) is 1. The van der Waals surface area contributed by atoms with Crippen LogP contribution in [0.3, 0.4) is 0 Å². The molecule has 0 unspecified atom stereocenters. The number of aliphatic carboxylic acids is 1. The molecule has 1 aromatic carbocycles. The van der Waals surface area contributed by atoms with E-state index in [9.17, 15) is 4.79 Å². The Hall–Kier alpha value is -2.30. The zero-order chi connectivity index (χ0) is 13.0. The summed E-state index contributed by atoms with van der Waals surface area (Å²) in [5.74, 6) is -0.0546. The molecule has 0 aliphatic carbocycles. The number of carboxylic acid groups (broad SMARTS) is 1. The van der Waals surface area contributed by atoms with Crippen molar-refractivity contribution in [1.82, 2.24) is 9.78 Å². The van der Waals surface area contributed by atoms with Crippen LogP contribution in [-0.2, 0) is 11.2 Å². The quantitative estimate of drug-likeness (QED) is 0.875. The number of benzene rings is 1. The first-order valence-corrected chi connectivity index (χ1v) is 5.60. The molecule has 2 rings (SSSR count). The van der Waals surface area contributed by atoms with Gasteiger partial charge in [0.15, 0.2) is 0 Å². The molecule has 0 bridgehead atoms. The number of ether oxygens (including phenoxy) is 1. The highest BCUT2D eigenvalue weighted by Gasteiger charge is 2.04. The molecule has 1 N–H and O–H groups in total. The molecule has 2 aromatic rings. The van der Waals surface area contributed by atoms with Gasteiger partial charge in [-0.05, 0) is 18.2 Å². The molecule has 0 aliphatic rings. The van der Waals surface area contributed by atoms with E-state index in [1.807, 2.05) is 36.5 Å². The lowest BCUT2D eigenvalue weighted by Crippen LogP contribution is -2.00. The fourth-order valence-electron chi connectivity index (χ4n) is 1.63. The maximum absolute atomic E-state index is 10.5. The Morgan fingerprint density at radius 2 is 2.28 bits per heavy atom. The molecule has 5 nitrogen and oxygen atoms in total. The van der Waals surface area contributed by atoms with Gasteiger partial charge in [0.05, 0.1) is 24.9 Å². The van der Waals surface area contributed by atoms with Gasteiger partial charge in [0.25, 0.3) is 0 Å². The van der Waals surface area contributed by atoms with Gasteiger partial charge in [0, 0.05) is 18.7 Å².